The number of halogens is 2. The van der Waals surface area contributed by atoms with Gasteiger partial charge in [0.25, 0.3) is 0 Å². The van der Waals surface area contributed by atoms with E-state index in [2.05, 4.69) is 46.8 Å². The van der Waals surface area contributed by atoms with Crippen LogP contribution < -0.4 is 0 Å². The van der Waals surface area contributed by atoms with Crippen molar-refractivity contribution in [1.29, 1.82) is 0 Å². The van der Waals surface area contributed by atoms with Crippen LogP contribution in [0.5, 0.6) is 0 Å². The summed E-state index contributed by atoms with van der Waals surface area (Å²) in [5, 5.41) is 0. The van der Waals surface area contributed by atoms with Crippen LogP contribution in [0, 0.1) is 6.92 Å². The zero-order valence-electron chi connectivity index (χ0n) is 6.23. The fourth-order valence-corrected chi connectivity index (χ4v) is 1.68. The second-order valence-electron chi connectivity index (χ2n) is 2.45. The Balaban J connectivity index is 2.83. The number of hydrogen-bond acceptors (Lipinski definition) is 2. The normalized spacial score (nSPS) is 10.9. The summed E-state index contributed by atoms with van der Waals surface area (Å²) in [5.41, 5.74) is 2.61. The summed E-state index contributed by atoms with van der Waals surface area (Å²) >= 11 is 6.65. The zero-order valence-corrected chi connectivity index (χ0v) is 9.40. The molecule has 0 bridgehead atoms. The molecule has 62 valence electrons. The van der Waals surface area contributed by atoms with Gasteiger partial charge in [0.05, 0.1) is 11.2 Å². The number of imidazole rings is 1. The summed E-state index contributed by atoms with van der Waals surface area (Å²) < 4.78 is 1.70. The molecule has 2 rings (SSSR count). The maximum absolute atomic E-state index is 4.28. The van der Waals surface area contributed by atoms with Gasteiger partial charge in [-0.25, -0.2) is 9.97 Å². The monoisotopic (exact) mass is 289 g/mol. The Morgan fingerprint density at radius 3 is 2.83 bits per heavy atom. The van der Waals surface area contributed by atoms with Gasteiger partial charge in [0, 0.05) is 4.47 Å². The minimum atomic E-state index is 0.711. The van der Waals surface area contributed by atoms with Crippen LogP contribution in [-0.2, 0) is 0 Å². The second kappa shape index (κ2) is 2.81. The average molecular weight is 291 g/mol. The molecule has 0 amide bonds. The van der Waals surface area contributed by atoms with Crippen LogP contribution in [0.2, 0.25) is 0 Å². The summed E-state index contributed by atoms with van der Waals surface area (Å²) in [5.74, 6) is 0. The lowest BCUT2D eigenvalue weighted by atomic mass is 10.3. The van der Waals surface area contributed by atoms with Crippen LogP contribution in [0.4, 0.5) is 0 Å². The van der Waals surface area contributed by atoms with Crippen LogP contribution in [0.1, 0.15) is 5.69 Å². The number of rotatable bonds is 0. The summed E-state index contributed by atoms with van der Waals surface area (Å²) in [6, 6.07) is 1.97. The Labute approximate surface area is 85.9 Å². The lowest BCUT2D eigenvalue weighted by Gasteiger charge is -1.94. The third kappa shape index (κ3) is 1.27. The minimum absolute atomic E-state index is 0.711. The number of aromatic amines is 1. The maximum atomic E-state index is 4.28. The molecule has 0 radical (unpaired) electrons. The third-order valence-electron chi connectivity index (χ3n) is 1.57. The molecule has 0 aliphatic carbocycles. The smallest absolute Gasteiger partial charge is 0.178 e. The van der Waals surface area contributed by atoms with E-state index in [1.807, 2.05) is 13.0 Å². The van der Waals surface area contributed by atoms with E-state index in [-0.39, 0.29) is 0 Å². The molecule has 5 heteroatoms. The van der Waals surface area contributed by atoms with E-state index in [1.165, 1.54) is 0 Å². The van der Waals surface area contributed by atoms with Gasteiger partial charge < -0.3 is 4.98 Å². The highest BCUT2D eigenvalue weighted by Crippen LogP contribution is 2.20. The van der Waals surface area contributed by atoms with Gasteiger partial charge in [0.2, 0.25) is 0 Å². The SMILES string of the molecule is Cc1nc2nc(Br)[nH]c2cc1Br. The number of H-pyrrole nitrogens is 1. The van der Waals surface area contributed by atoms with Gasteiger partial charge in [0.1, 0.15) is 0 Å². The molecule has 2 aromatic heterocycles. The summed E-state index contributed by atoms with van der Waals surface area (Å²) in [6.07, 6.45) is 0. The molecule has 0 atom stereocenters. The van der Waals surface area contributed by atoms with Crippen molar-refractivity contribution in [2.24, 2.45) is 0 Å². The van der Waals surface area contributed by atoms with Crippen molar-refractivity contribution in [3.63, 3.8) is 0 Å². The van der Waals surface area contributed by atoms with E-state index in [0.717, 1.165) is 21.3 Å². The van der Waals surface area contributed by atoms with Crippen LogP contribution in [0.15, 0.2) is 15.3 Å². The molecule has 12 heavy (non-hydrogen) atoms. The largest absolute Gasteiger partial charge is 0.331 e. The number of nitrogens with one attached hydrogen (secondary N) is 1. The van der Waals surface area contributed by atoms with Crippen molar-refractivity contribution in [1.82, 2.24) is 15.0 Å². The molecule has 0 aliphatic heterocycles. The quantitative estimate of drug-likeness (QED) is 0.811. The number of nitrogens with zero attached hydrogens (tertiary/aromatic N) is 2. The average Bonchev–Trinajstić information content (AvgIpc) is 2.30. The molecule has 3 nitrogen and oxygen atoms in total. The maximum Gasteiger partial charge on any atom is 0.178 e. The molecule has 2 heterocycles. The number of hydrogen-bond donors (Lipinski definition) is 1. The molecule has 0 unspecified atom stereocenters. The Hall–Kier alpha value is -0.420. The van der Waals surface area contributed by atoms with Crippen LogP contribution >= 0.6 is 31.9 Å². The van der Waals surface area contributed by atoms with Gasteiger partial charge in [-0.2, -0.15) is 0 Å². The van der Waals surface area contributed by atoms with Crippen molar-refractivity contribution in [3.05, 3.63) is 21.0 Å². The first kappa shape index (κ1) is 8.19. The van der Waals surface area contributed by atoms with E-state index in [9.17, 15) is 0 Å². The molecule has 0 fully saturated rings. The fraction of sp³-hybridized carbons (Fsp3) is 0.143. The number of pyridine rings is 1. The highest BCUT2D eigenvalue weighted by Gasteiger charge is 2.04. The summed E-state index contributed by atoms with van der Waals surface area (Å²) in [6.45, 7) is 1.94. The molecule has 1 N–H and O–H groups in total. The van der Waals surface area contributed by atoms with Crippen molar-refractivity contribution in [3.8, 4) is 0 Å². The third-order valence-corrected chi connectivity index (χ3v) is 2.75. The van der Waals surface area contributed by atoms with Crippen LogP contribution in [-0.4, -0.2) is 15.0 Å². The molecule has 0 aromatic carbocycles. The van der Waals surface area contributed by atoms with E-state index in [4.69, 9.17) is 0 Å². The van der Waals surface area contributed by atoms with Crippen LogP contribution in [0.3, 0.4) is 0 Å². The van der Waals surface area contributed by atoms with E-state index >= 15 is 0 Å². The highest BCUT2D eigenvalue weighted by atomic mass is 79.9. The Bertz CT molecular complexity index is 396. The van der Waals surface area contributed by atoms with Crippen molar-refractivity contribution >= 4 is 43.0 Å². The number of aryl methyl sites for hydroxylation is 1. The summed E-state index contributed by atoms with van der Waals surface area (Å²) in [4.78, 5) is 11.5. The first-order chi connectivity index (χ1) is 5.66. The van der Waals surface area contributed by atoms with Gasteiger partial charge >= 0.3 is 0 Å². The molecule has 0 saturated carbocycles. The van der Waals surface area contributed by atoms with Gasteiger partial charge in [-0.15, -0.1) is 0 Å². The van der Waals surface area contributed by atoms with E-state index in [0.29, 0.717) is 4.73 Å². The van der Waals surface area contributed by atoms with Crippen molar-refractivity contribution < 1.29 is 0 Å². The van der Waals surface area contributed by atoms with Crippen molar-refractivity contribution in [2.75, 3.05) is 0 Å². The Morgan fingerprint density at radius 1 is 1.33 bits per heavy atom. The predicted molar refractivity (Wildman–Crippen MR) is 54.0 cm³/mol. The van der Waals surface area contributed by atoms with Gasteiger partial charge in [0.15, 0.2) is 10.4 Å². The Morgan fingerprint density at radius 2 is 2.08 bits per heavy atom. The number of aromatic nitrogens is 3. The first-order valence-corrected chi connectivity index (χ1v) is 4.94. The topological polar surface area (TPSA) is 41.6 Å². The predicted octanol–water partition coefficient (Wildman–Crippen LogP) is 2.79. The van der Waals surface area contributed by atoms with Gasteiger partial charge in [-0.1, -0.05) is 0 Å². The van der Waals surface area contributed by atoms with E-state index < -0.39 is 0 Å². The number of fused-ring (bicyclic) bond motifs is 1. The fourth-order valence-electron chi connectivity index (χ4n) is 0.977. The molecule has 0 spiro atoms. The summed E-state index contributed by atoms with van der Waals surface area (Å²) in [7, 11) is 0. The lowest BCUT2D eigenvalue weighted by molar-refractivity contribution is 1.19. The minimum Gasteiger partial charge on any atom is -0.331 e. The van der Waals surface area contributed by atoms with Gasteiger partial charge in [-0.3, -0.25) is 0 Å². The Kier molecular flexibility index (Phi) is 1.92. The lowest BCUT2D eigenvalue weighted by Crippen LogP contribution is -1.83. The van der Waals surface area contributed by atoms with E-state index in [1.54, 1.807) is 0 Å². The molecule has 0 saturated heterocycles. The van der Waals surface area contributed by atoms with Crippen molar-refractivity contribution in [2.45, 2.75) is 6.92 Å². The highest BCUT2D eigenvalue weighted by molar-refractivity contribution is 9.10. The molecular formula is C7H5Br2N3. The molecule has 0 aliphatic rings. The van der Waals surface area contributed by atoms with Gasteiger partial charge in [-0.05, 0) is 44.8 Å². The zero-order chi connectivity index (χ0) is 8.72. The second-order valence-corrected chi connectivity index (χ2v) is 4.06. The molecular weight excluding hydrogens is 286 g/mol. The standard InChI is InChI=1S/C7H5Br2N3/c1-3-4(8)2-5-6(10-3)12-7(9)11-5/h2H,1H3,(H,10,11,12). The molecule has 2 aromatic rings. The first-order valence-electron chi connectivity index (χ1n) is 3.35. The van der Waals surface area contributed by atoms with Crippen LogP contribution in [0.25, 0.3) is 11.2 Å².